The number of aromatic nitrogens is 2. The van der Waals surface area contributed by atoms with Gasteiger partial charge in [0.25, 0.3) is 5.91 Å². The van der Waals surface area contributed by atoms with Crippen LogP contribution in [0.4, 0.5) is 0 Å². The van der Waals surface area contributed by atoms with Crippen LogP contribution in [-0.2, 0) is 4.79 Å². The second-order valence-electron chi connectivity index (χ2n) is 9.07. The van der Waals surface area contributed by atoms with Crippen LogP contribution in [0.5, 0.6) is 5.88 Å². The van der Waals surface area contributed by atoms with Crippen molar-refractivity contribution in [1.82, 2.24) is 9.97 Å². The Balaban J connectivity index is 1.45. The molecule has 0 radical (unpaired) electrons. The number of rotatable bonds is 6. The maximum atomic E-state index is 12.5. The number of nitrogens with zero attached hydrogens (tertiary/aromatic N) is 2. The molecule has 5 nitrogen and oxygen atoms in total. The third-order valence-electron chi connectivity index (χ3n) is 7.02. The number of primary amides is 1. The van der Waals surface area contributed by atoms with Gasteiger partial charge in [0.1, 0.15) is 0 Å². The van der Waals surface area contributed by atoms with E-state index in [9.17, 15) is 4.79 Å². The molecule has 1 amide bonds. The van der Waals surface area contributed by atoms with Gasteiger partial charge in [-0.2, -0.15) is 4.98 Å². The maximum Gasteiger partial charge on any atom is 0.259 e. The molecule has 0 aliphatic heterocycles. The molecule has 1 aromatic rings. The van der Waals surface area contributed by atoms with Crippen molar-refractivity contribution in [3.05, 3.63) is 11.8 Å². The second-order valence-corrected chi connectivity index (χ2v) is 9.85. The first-order chi connectivity index (χ1) is 12.5. The number of hydrogen-bond acceptors (Lipinski definition) is 5. The van der Waals surface area contributed by atoms with E-state index in [1.165, 1.54) is 43.9 Å². The molecule has 0 aromatic carbocycles. The van der Waals surface area contributed by atoms with E-state index in [0.29, 0.717) is 11.8 Å². The summed E-state index contributed by atoms with van der Waals surface area (Å²) in [5.74, 6) is 2.98. The van der Waals surface area contributed by atoms with E-state index in [-0.39, 0.29) is 11.3 Å². The molecule has 1 heterocycles. The van der Waals surface area contributed by atoms with Gasteiger partial charge < -0.3 is 10.5 Å². The lowest BCUT2D eigenvalue weighted by atomic mass is 9.48. The number of amides is 1. The fraction of sp³-hybridized carbons (Fsp3) is 0.750. The molecule has 6 rings (SSSR count). The van der Waals surface area contributed by atoms with Crippen molar-refractivity contribution in [2.24, 2.45) is 28.9 Å². The molecular formula is C20H27N3O2S. The molecule has 1 unspecified atom stereocenters. The first kappa shape index (κ1) is 16.8. The van der Waals surface area contributed by atoms with E-state index in [0.717, 1.165) is 47.9 Å². The number of thioether (sulfide) groups is 1. The summed E-state index contributed by atoms with van der Waals surface area (Å²) in [4.78, 5) is 21.6. The summed E-state index contributed by atoms with van der Waals surface area (Å²) in [6.45, 7) is 0. The molecule has 5 saturated carbocycles. The number of nitrogens with two attached hydrogens (primary N) is 1. The Kier molecular flexibility index (Phi) is 3.96. The molecule has 5 aliphatic carbocycles. The van der Waals surface area contributed by atoms with E-state index < -0.39 is 6.10 Å². The van der Waals surface area contributed by atoms with Gasteiger partial charge in [-0.3, -0.25) is 4.79 Å². The van der Waals surface area contributed by atoms with Crippen LogP contribution in [0, 0.1) is 23.2 Å². The Morgan fingerprint density at radius 3 is 2.31 bits per heavy atom. The Labute approximate surface area is 158 Å². The Bertz CT molecular complexity index is 698. The topological polar surface area (TPSA) is 78.1 Å². The van der Waals surface area contributed by atoms with Crippen LogP contribution >= 0.6 is 11.8 Å². The van der Waals surface area contributed by atoms with Crippen LogP contribution in [0.3, 0.4) is 0 Å². The molecule has 4 bridgehead atoms. The first-order valence-corrected chi connectivity index (χ1v) is 11.2. The van der Waals surface area contributed by atoms with Crippen LogP contribution in [0.2, 0.25) is 0 Å². The van der Waals surface area contributed by atoms with Crippen LogP contribution in [0.15, 0.2) is 11.2 Å². The standard InChI is InChI=1S/C20H27N3O2S/c1-26-19-22-15(14-2-3-14)7-16(23-19)25-17(18(21)24)20-8-11-4-12(9-20)6-13(5-11)10-20/h7,11-14,17H,2-6,8-10H2,1H3,(H2,21,24). The molecule has 26 heavy (non-hydrogen) atoms. The second kappa shape index (κ2) is 6.11. The van der Waals surface area contributed by atoms with Crippen molar-refractivity contribution in [2.45, 2.75) is 68.5 Å². The predicted octanol–water partition coefficient (Wildman–Crippen LogP) is 3.53. The van der Waals surface area contributed by atoms with Gasteiger partial charge in [0, 0.05) is 17.4 Å². The molecule has 1 aromatic heterocycles. The molecule has 5 fully saturated rings. The van der Waals surface area contributed by atoms with E-state index >= 15 is 0 Å². The van der Waals surface area contributed by atoms with E-state index in [1.807, 2.05) is 12.3 Å². The third kappa shape index (κ3) is 2.90. The average molecular weight is 374 g/mol. The largest absolute Gasteiger partial charge is 0.464 e. The van der Waals surface area contributed by atoms with Crippen LogP contribution in [-0.4, -0.2) is 28.2 Å². The van der Waals surface area contributed by atoms with Gasteiger partial charge in [-0.25, -0.2) is 4.98 Å². The highest BCUT2D eigenvalue weighted by molar-refractivity contribution is 7.98. The molecule has 0 spiro atoms. The Morgan fingerprint density at radius 1 is 1.19 bits per heavy atom. The zero-order chi connectivity index (χ0) is 17.9. The normalized spacial score (nSPS) is 36.1. The minimum Gasteiger partial charge on any atom is -0.464 e. The lowest BCUT2D eigenvalue weighted by Crippen LogP contribution is -2.57. The van der Waals surface area contributed by atoms with E-state index in [2.05, 4.69) is 9.97 Å². The van der Waals surface area contributed by atoms with Gasteiger partial charge in [-0.1, -0.05) is 11.8 Å². The van der Waals surface area contributed by atoms with Gasteiger partial charge in [0.2, 0.25) is 5.88 Å². The highest BCUT2D eigenvalue weighted by Gasteiger charge is 2.57. The smallest absolute Gasteiger partial charge is 0.259 e. The summed E-state index contributed by atoms with van der Waals surface area (Å²) in [6, 6.07) is 1.94. The van der Waals surface area contributed by atoms with Crippen molar-refractivity contribution in [1.29, 1.82) is 0 Å². The van der Waals surface area contributed by atoms with Crippen molar-refractivity contribution in [2.75, 3.05) is 6.26 Å². The summed E-state index contributed by atoms with van der Waals surface area (Å²) in [7, 11) is 0. The van der Waals surface area contributed by atoms with E-state index in [4.69, 9.17) is 10.5 Å². The Hall–Kier alpha value is -1.30. The van der Waals surface area contributed by atoms with Gasteiger partial charge >= 0.3 is 0 Å². The van der Waals surface area contributed by atoms with Crippen molar-refractivity contribution >= 4 is 17.7 Å². The predicted molar refractivity (Wildman–Crippen MR) is 100 cm³/mol. The average Bonchev–Trinajstić information content (AvgIpc) is 3.43. The zero-order valence-corrected chi connectivity index (χ0v) is 16.1. The third-order valence-corrected chi connectivity index (χ3v) is 7.57. The maximum absolute atomic E-state index is 12.5. The number of ether oxygens (including phenoxy) is 1. The lowest BCUT2D eigenvalue weighted by Gasteiger charge is -2.58. The van der Waals surface area contributed by atoms with Crippen LogP contribution in [0.1, 0.15) is 63.0 Å². The monoisotopic (exact) mass is 373 g/mol. The first-order valence-electron chi connectivity index (χ1n) is 9.93. The fourth-order valence-corrected chi connectivity index (χ4v) is 6.64. The number of hydrogen-bond donors (Lipinski definition) is 1. The van der Waals surface area contributed by atoms with Crippen molar-refractivity contribution < 1.29 is 9.53 Å². The highest BCUT2D eigenvalue weighted by atomic mass is 32.2. The number of carbonyl (C=O) groups is 1. The molecular weight excluding hydrogens is 346 g/mol. The quantitative estimate of drug-likeness (QED) is 0.610. The van der Waals surface area contributed by atoms with Crippen LogP contribution < -0.4 is 10.5 Å². The minimum absolute atomic E-state index is 0.0786. The summed E-state index contributed by atoms with van der Waals surface area (Å²) in [5, 5.41) is 0.720. The fourth-order valence-electron chi connectivity index (χ4n) is 6.27. The zero-order valence-electron chi connectivity index (χ0n) is 15.3. The highest BCUT2D eigenvalue weighted by Crippen LogP contribution is 2.61. The lowest BCUT2D eigenvalue weighted by molar-refractivity contribution is -0.148. The number of carbonyl (C=O) groups excluding carboxylic acids is 1. The van der Waals surface area contributed by atoms with Gasteiger partial charge in [0.05, 0.1) is 5.69 Å². The van der Waals surface area contributed by atoms with Crippen molar-refractivity contribution in [3.63, 3.8) is 0 Å². The molecule has 2 N–H and O–H groups in total. The van der Waals surface area contributed by atoms with Gasteiger partial charge in [-0.15, -0.1) is 0 Å². The summed E-state index contributed by atoms with van der Waals surface area (Å²) < 4.78 is 6.28. The molecule has 0 saturated heterocycles. The summed E-state index contributed by atoms with van der Waals surface area (Å²) in [6.07, 6.45) is 11.0. The van der Waals surface area contributed by atoms with Gasteiger partial charge in [0.15, 0.2) is 11.3 Å². The summed E-state index contributed by atoms with van der Waals surface area (Å²) >= 11 is 1.52. The minimum atomic E-state index is -0.562. The van der Waals surface area contributed by atoms with Crippen LogP contribution in [0.25, 0.3) is 0 Å². The molecule has 6 heteroatoms. The SMILES string of the molecule is CSc1nc(OC(C(N)=O)C23CC4CC(CC(C4)C2)C3)cc(C2CC2)n1. The Morgan fingerprint density at radius 2 is 1.81 bits per heavy atom. The van der Waals surface area contributed by atoms with Gasteiger partial charge in [-0.05, 0) is 75.4 Å². The summed E-state index contributed by atoms with van der Waals surface area (Å²) in [5.41, 5.74) is 6.84. The van der Waals surface area contributed by atoms with Crippen molar-refractivity contribution in [3.8, 4) is 5.88 Å². The molecule has 1 atom stereocenters. The van der Waals surface area contributed by atoms with E-state index in [1.54, 1.807) is 0 Å². The molecule has 140 valence electrons. The molecule has 5 aliphatic rings.